The van der Waals surface area contributed by atoms with E-state index in [1.807, 2.05) is 0 Å². The van der Waals surface area contributed by atoms with Crippen LogP contribution < -0.4 is 4.90 Å². The number of halogens is 3. The number of nitrogens with zero attached hydrogens (tertiary/aromatic N) is 6. The van der Waals surface area contributed by atoms with Gasteiger partial charge in [0.25, 0.3) is 11.8 Å². The molecule has 0 saturated carbocycles. The van der Waals surface area contributed by atoms with Crippen LogP contribution in [0.2, 0.25) is 0 Å². The second-order valence-electron chi connectivity index (χ2n) is 9.02. The number of carbonyl (C=O) groups is 2. The molecule has 0 bridgehead atoms. The highest BCUT2D eigenvalue weighted by Gasteiger charge is 2.44. The Morgan fingerprint density at radius 2 is 1.65 bits per heavy atom. The van der Waals surface area contributed by atoms with Crippen molar-refractivity contribution in [3.05, 3.63) is 59.5 Å². The Morgan fingerprint density at radius 3 is 2.29 bits per heavy atom. The van der Waals surface area contributed by atoms with Crippen LogP contribution in [0.25, 0.3) is 5.65 Å². The summed E-state index contributed by atoms with van der Waals surface area (Å²) in [5.41, 5.74) is 0.404. The van der Waals surface area contributed by atoms with Gasteiger partial charge in [0.15, 0.2) is 5.65 Å². The second-order valence-corrected chi connectivity index (χ2v) is 9.02. The lowest BCUT2D eigenvalue weighted by atomic mass is 10.0. The average Bonchev–Trinajstić information content (AvgIpc) is 3.50. The number of hydrogen-bond donors (Lipinski definition) is 0. The molecule has 4 heterocycles. The number of amides is 2. The fourth-order valence-corrected chi connectivity index (χ4v) is 4.91. The molecule has 8 nitrogen and oxygen atoms in total. The fraction of sp³-hybridized carbons (Fsp3) is 0.391. The number of rotatable bonds is 3. The quantitative estimate of drug-likeness (QED) is 0.586. The lowest BCUT2D eigenvalue weighted by Crippen LogP contribution is -2.34. The molecule has 2 saturated heterocycles. The van der Waals surface area contributed by atoms with E-state index in [1.54, 1.807) is 48.3 Å². The van der Waals surface area contributed by atoms with Crippen molar-refractivity contribution in [3.8, 4) is 0 Å². The topological polar surface area (TPSA) is 74.0 Å². The first-order chi connectivity index (χ1) is 16.1. The summed E-state index contributed by atoms with van der Waals surface area (Å²) in [7, 11) is 3.29. The Labute approximate surface area is 193 Å². The van der Waals surface area contributed by atoms with E-state index in [4.69, 9.17) is 0 Å². The van der Waals surface area contributed by atoms with Gasteiger partial charge in [0.2, 0.25) is 5.82 Å². The second kappa shape index (κ2) is 8.00. The predicted molar refractivity (Wildman–Crippen MR) is 118 cm³/mol. The Balaban J connectivity index is 1.33. The first kappa shape index (κ1) is 22.2. The summed E-state index contributed by atoms with van der Waals surface area (Å²) in [5, 5.41) is 8.08. The van der Waals surface area contributed by atoms with Gasteiger partial charge in [-0.3, -0.25) is 14.0 Å². The van der Waals surface area contributed by atoms with Crippen LogP contribution >= 0.6 is 0 Å². The van der Waals surface area contributed by atoms with Crippen molar-refractivity contribution in [1.82, 2.24) is 24.4 Å². The Morgan fingerprint density at radius 1 is 0.971 bits per heavy atom. The van der Waals surface area contributed by atoms with Crippen molar-refractivity contribution in [2.75, 3.05) is 45.2 Å². The van der Waals surface area contributed by atoms with Gasteiger partial charge in [-0.25, -0.2) is 0 Å². The number of alkyl halides is 3. The van der Waals surface area contributed by atoms with Crippen molar-refractivity contribution in [1.29, 1.82) is 0 Å². The van der Waals surface area contributed by atoms with Crippen LogP contribution in [-0.4, -0.2) is 76.5 Å². The van der Waals surface area contributed by atoms with Crippen molar-refractivity contribution in [2.24, 2.45) is 11.8 Å². The van der Waals surface area contributed by atoms with Crippen LogP contribution in [0.1, 0.15) is 26.5 Å². The van der Waals surface area contributed by atoms with Crippen LogP contribution in [-0.2, 0) is 6.18 Å². The van der Waals surface area contributed by atoms with Crippen LogP contribution in [0.3, 0.4) is 0 Å². The SMILES string of the molecule is CN(C)C(=O)c1ccc2nnc(C(=O)N3C[C@@H]4CN(c5ccccc5C(F)(F)F)C[C@@H]4C3)n2c1. The molecule has 2 aliphatic rings. The summed E-state index contributed by atoms with van der Waals surface area (Å²) >= 11 is 0. The van der Waals surface area contributed by atoms with E-state index in [1.165, 1.54) is 21.4 Å². The molecule has 0 aliphatic carbocycles. The minimum atomic E-state index is -4.42. The van der Waals surface area contributed by atoms with Crippen molar-refractivity contribution >= 4 is 23.1 Å². The van der Waals surface area contributed by atoms with Gasteiger partial charge in [0.05, 0.1) is 11.1 Å². The number of pyridine rings is 1. The molecule has 11 heteroatoms. The molecule has 0 unspecified atom stereocenters. The average molecular weight is 472 g/mol. The third-order valence-electron chi connectivity index (χ3n) is 6.57. The van der Waals surface area contributed by atoms with Crippen molar-refractivity contribution < 1.29 is 22.8 Å². The molecule has 2 aromatic heterocycles. The fourth-order valence-electron chi connectivity index (χ4n) is 4.91. The number of aromatic nitrogens is 3. The summed E-state index contributed by atoms with van der Waals surface area (Å²) in [6.07, 6.45) is -2.87. The maximum absolute atomic E-state index is 13.4. The van der Waals surface area contributed by atoms with Crippen molar-refractivity contribution in [2.45, 2.75) is 6.18 Å². The maximum Gasteiger partial charge on any atom is 0.418 e. The standard InChI is InChI=1S/C23H23F3N6O2/c1-29(2)21(33)14-7-8-19-27-28-20(32(19)13-14)22(34)31-11-15-9-30(10-16(15)12-31)18-6-4-3-5-17(18)23(24,25)26/h3-8,13,15-16H,9-12H2,1-2H3/t15-,16+. The number of anilines is 1. The Hall–Kier alpha value is -3.63. The molecular weight excluding hydrogens is 449 g/mol. The Bertz CT molecular complexity index is 1260. The summed E-state index contributed by atoms with van der Waals surface area (Å²) in [6.45, 7) is 1.76. The maximum atomic E-state index is 13.4. The molecular formula is C23H23F3N6O2. The third-order valence-corrected chi connectivity index (χ3v) is 6.57. The van der Waals surface area contributed by atoms with E-state index in [0.29, 0.717) is 37.4 Å². The van der Waals surface area contributed by atoms with Gasteiger partial charge in [-0.05, 0) is 24.3 Å². The zero-order chi connectivity index (χ0) is 24.2. The number of benzene rings is 1. The van der Waals surface area contributed by atoms with Crippen LogP contribution in [0.4, 0.5) is 18.9 Å². The number of para-hydroxylation sites is 1. The lowest BCUT2D eigenvalue weighted by molar-refractivity contribution is -0.137. The molecule has 2 amide bonds. The van der Waals surface area contributed by atoms with Crippen LogP contribution in [0.5, 0.6) is 0 Å². The molecule has 5 rings (SSSR count). The molecule has 2 fully saturated rings. The minimum Gasteiger partial charge on any atom is -0.370 e. The highest BCUT2D eigenvalue weighted by Crippen LogP contribution is 2.40. The normalized spacial score (nSPS) is 20.1. The van der Waals surface area contributed by atoms with Gasteiger partial charge in [0, 0.05) is 64.0 Å². The van der Waals surface area contributed by atoms with Gasteiger partial charge in [-0.15, -0.1) is 10.2 Å². The van der Waals surface area contributed by atoms with E-state index in [9.17, 15) is 22.8 Å². The largest absolute Gasteiger partial charge is 0.418 e. The first-order valence-corrected chi connectivity index (χ1v) is 10.9. The number of likely N-dealkylation sites (tertiary alicyclic amines) is 1. The number of hydrogen-bond acceptors (Lipinski definition) is 5. The molecule has 178 valence electrons. The van der Waals surface area contributed by atoms with E-state index < -0.39 is 11.7 Å². The smallest absolute Gasteiger partial charge is 0.370 e. The highest BCUT2D eigenvalue weighted by molar-refractivity contribution is 5.95. The third kappa shape index (κ3) is 3.74. The molecule has 0 radical (unpaired) electrons. The molecule has 0 N–H and O–H groups in total. The summed E-state index contributed by atoms with van der Waals surface area (Å²) < 4.78 is 41.9. The van der Waals surface area contributed by atoms with Gasteiger partial charge in [-0.2, -0.15) is 13.2 Å². The predicted octanol–water partition coefficient (Wildman–Crippen LogP) is 2.66. The Kier molecular flexibility index (Phi) is 5.22. The summed E-state index contributed by atoms with van der Waals surface area (Å²) in [4.78, 5) is 30.5. The first-order valence-electron chi connectivity index (χ1n) is 10.9. The highest BCUT2D eigenvalue weighted by atomic mass is 19.4. The van der Waals surface area contributed by atoms with E-state index in [-0.39, 0.29) is 35.2 Å². The zero-order valence-electron chi connectivity index (χ0n) is 18.7. The van der Waals surface area contributed by atoms with Gasteiger partial charge < -0.3 is 14.7 Å². The zero-order valence-corrected chi connectivity index (χ0v) is 18.7. The van der Waals surface area contributed by atoms with E-state index in [2.05, 4.69) is 10.2 Å². The molecule has 34 heavy (non-hydrogen) atoms. The van der Waals surface area contributed by atoms with Gasteiger partial charge >= 0.3 is 6.18 Å². The summed E-state index contributed by atoms with van der Waals surface area (Å²) in [6, 6.07) is 8.88. The molecule has 0 spiro atoms. The van der Waals surface area contributed by atoms with Gasteiger partial charge in [-0.1, -0.05) is 12.1 Å². The number of carbonyl (C=O) groups excluding carboxylic acids is 2. The molecule has 2 aliphatic heterocycles. The van der Waals surface area contributed by atoms with Crippen LogP contribution in [0, 0.1) is 11.8 Å². The minimum absolute atomic E-state index is 0.0651. The molecule has 1 aromatic carbocycles. The van der Waals surface area contributed by atoms with E-state index in [0.717, 1.165) is 6.07 Å². The molecule has 2 atom stereocenters. The molecule has 3 aromatic rings. The lowest BCUT2D eigenvalue weighted by Gasteiger charge is -2.25. The number of fused-ring (bicyclic) bond motifs is 2. The van der Waals surface area contributed by atoms with Gasteiger partial charge in [0.1, 0.15) is 0 Å². The van der Waals surface area contributed by atoms with E-state index >= 15 is 0 Å². The van der Waals surface area contributed by atoms with Crippen LogP contribution in [0.15, 0.2) is 42.6 Å². The summed E-state index contributed by atoms with van der Waals surface area (Å²) in [5.74, 6) is -0.268. The monoisotopic (exact) mass is 472 g/mol. The van der Waals surface area contributed by atoms with Crippen molar-refractivity contribution in [3.63, 3.8) is 0 Å².